The molecular weight excluding hydrogens is 464 g/mol. The van der Waals surface area contributed by atoms with E-state index < -0.39 is 5.60 Å². The second-order valence-corrected chi connectivity index (χ2v) is 10.4. The van der Waals surface area contributed by atoms with Crippen LogP contribution in [0.1, 0.15) is 35.4 Å². The van der Waals surface area contributed by atoms with E-state index in [0.29, 0.717) is 26.1 Å². The number of benzene rings is 3. The van der Waals surface area contributed by atoms with Gasteiger partial charge >= 0.3 is 6.09 Å². The summed E-state index contributed by atoms with van der Waals surface area (Å²) in [5.74, 6) is 0.0119. The molecule has 186 valence electrons. The zero-order valence-electron chi connectivity index (χ0n) is 20.4. The lowest BCUT2D eigenvalue weighted by Crippen LogP contribution is -2.62. The minimum absolute atomic E-state index is 0.0119. The number of piperidine rings is 1. The highest BCUT2D eigenvalue weighted by molar-refractivity contribution is 5.80. The monoisotopic (exact) mass is 492 g/mol. The van der Waals surface area contributed by atoms with Crippen molar-refractivity contribution in [2.45, 2.75) is 36.4 Å². The minimum Gasteiger partial charge on any atom is -0.448 e. The molecular formula is C31H28N2O4. The molecule has 0 radical (unpaired) electrons. The van der Waals surface area contributed by atoms with Crippen molar-refractivity contribution in [3.63, 3.8) is 0 Å². The van der Waals surface area contributed by atoms with E-state index in [4.69, 9.17) is 9.47 Å². The van der Waals surface area contributed by atoms with E-state index in [1.165, 1.54) is 22.3 Å². The largest absolute Gasteiger partial charge is 0.448 e. The third-order valence-electron chi connectivity index (χ3n) is 8.23. The molecule has 1 amide bonds. The Kier molecular flexibility index (Phi) is 5.27. The summed E-state index contributed by atoms with van der Waals surface area (Å²) in [5, 5.41) is 12.7. The molecule has 3 aliphatic rings. The zero-order chi connectivity index (χ0) is 25.0. The highest BCUT2D eigenvalue weighted by Gasteiger charge is 2.49. The van der Waals surface area contributed by atoms with E-state index in [9.17, 15) is 9.90 Å². The van der Waals surface area contributed by atoms with E-state index in [-0.39, 0.29) is 30.7 Å². The van der Waals surface area contributed by atoms with Gasteiger partial charge in [0, 0.05) is 35.9 Å². The summed E-state index contributed by atoms with van der Waals surface area (Å²) in [5.41, 5.74) is 5.40. The number of amides is 1. The van der Waals surface area contributed by atoms with Gasteiger partial charge < -0.3 is 14.6 Å². The summed E-state index contributed by atoms with van der Waals surface area (Å²) in [6.07, 6.45) is 2.20. The molecule has 2 saturated heterocycles. The molecule has 0 saturated carbocycles. The Morgan fingerprint density at radius 3 is 2.27 bits per heavy atom. The number of hydrogen-bond donors (Lipinski definition) is 1. The summed E-state index contributed by atoms with van der Waals surface area (Å²) < 4.78 is 11.8. The first-order chi connectivity index (χ1) is 18.1. The molecule has 2 aliphatic heterocycles. The van der Waals surface area contributed by atoms with E-state index in [1.54, 1.807) is 11.1 Å². The molecule has 7 rings (SSSR count). The number of aromatic nitrogens is 1. The van der Waals surface area contributed by atoms with Crippen molar-refractivity contribution < 1.29 is 19.4 Å². The number of carbonyl (C=O) groups is 1. The summed E-state index contributed by atoms with van der Waals surface area (Å²) in [6, 6.07) is 26.1. The number of carbonyl (C=O) groups excluding carboxylic acids is 1. The Bertz CT molecular complexity index is 1440. The van der Waals surface area contributed by atoms with Crippen LogP contribution in [0.15, 0.2) is 85.1 Å². The number of aliphatic hydroxyl groups is 1. The van der Waals surface area contributed by atoms with Crippen LogP contribution in [0.2, 0.25) is 0 Å². The van der Waals surface area contributed by atoms with Crippen molar-refractivity contribution in [1.82, 2.24) is 9.88 Å². The second kappa shape index (κ2) is 8.68. The fourth-order valence-corrected chi connectivity index (χ4v) is 6.50. The lowest BCUT2D eigenvalue weighted by atomic mass is 9.77. The Morgan fingerprint density at radius 1 is 0.946 bits per heavy atom. The van der Waals surface area contributed by atoms with Crippen molar-refractivity contribution in [3.8, 4) is 11.1 Å². The Morgan fingerprint density at radius 2 is 1.57 bits per heavy atom. The molecule has 2 bridgehead atoms. The summed E-state index contributed by atoms with van der Waals surface area (Å²) in [7, 11) is 0. The van der Waals surface area contributed by atoms with Crippen molar-refractivity contribution >= 4 is 17.0 Å². The Balaban J connectivity index is 1.11. The van der Waals surface area contributed by atoms with Crippen molar-refractivity contribution in [1.29, 1.82) is 0 Å². The number of fused-ring (bicyclic) bond motifs is 6. The van der Waals surface area contributed by atoms with Crippen LogP contribution in [-0.2, 0) is 15.1 Å². The third kappa shape index (κ3) is 3.71. The average Bonchev–Trinajstić information content (AvgIpc) is 3.24. The van der Waals surface area contributed by atoms with Gasteiger partial charge in [-0.25, -0.2) is 4.79 Å². The summed E-state index contributed by atoms with van der Waals surface area (Å²) in [6.45, 7) is 1.04. The normalized spacial score (nSPS) is 24.5. The fraction of sp³-hybridized carbons (Fsp3) is 0.290. The van der Waals surface area contributed by atoms with Gasteiger partial charge in [-0.2, -0.15) is 0 Å². The molecule has 1 aliphatic carbocycles. The molecule has 2 unspecified atom stereocenters. The van der Waals surface area contributed by atoms with Crippen LogP contribution in [0, 0.1) is 0 Å². The molecule has 6 nitrogen and oxygen atoms in total. The quantitative estimate of drug-likeness (QED) is 0.424. The van der Waals surface area contributed by atoms with E-state index in [0.717, 1.165) is 16.5 Å². The predicted octanol–water partition coefficient (Wildman–Crippen LogP) is 5.23. The summed E-state index contributed by atoms with van der Waals surface area (Å²) >= 11 is 0. The van der Waals surface area contributed by atoms with Crippen LogP contribution in [0.25, 0.3) is 22.0 Å². The van der Waals surface area contributed by atoms with E-state index in [2.05, 4.69) is 29.2 Å². The van der Waals surface area contributed by atoms with Gasteiger partial charge in [-0.3, -0.25) is 9.88 Å². The number of morpholine rings is 1. The Labute approximate surface area is 215 Å². The molecule has 37 heavy (non-hydrogen) atoms. The smallest absolute Gasteiger partial charge is 0.410 e. The van der Waals surface area contributed by atoms with Crippen LogP contribution < -0.4 is 0 Å². The third-order valence-corrected chi connectivity index (χ3v) is 8.23. The molecule has 3 aromatic carbocycles. The molecule has 0 spiro atoms. The maximum Gasteiger partial charge on any atom is 0.410 e. The molecule has 2 atom stereocenters. The topological polar surface area (TPSA) is 71.9 Å². The zero-order valence-corrected chi connectivity index (χ0v) is 20.4. The number of pyridine rings is 1. The summed E-state index contributed by atoms with van der Waals surface area (Å²) in [4.78, 5) is 19.8. The van der Waals surface area contributed by atoms with E-state index in [1.807, 2.05) is 54.6 Å². The number of para-hydroxylation sites is 1. The highest BCUT2D eigenvalue weighted by Crippen LogP contribution is 2.45. The van der Waals surface area contributed by atoms with E-state index >= 15 is 0 Å². The highest BCUT2D eigenvalue weighted by atomic mass is 16.6. The van der Waals surface area contributed by atoms with Gasteiger partial charge in [0.15, 0.2) is 0 Å². The first-order valence-electron chi connectivity index (χ1n) is 12.9. The van der Waals surface area contributed by atoms with Crippen LogP contribution in [-0.4, -0.2) is 53.0 Å². The van der Waals surface area contributed by atoms with Gasteiger partial charge in [0.05, 0.1) is 36.4 Å². The van der Waals surface area contributed by atoms with Gasteiger partial charge in [0.1, 0.15) is 6.61 Å². The maximum atomic E-state index is 13.5. The lowest BCUT2D eigenvalue weighted by molar-refractivity contribution is -0.136. The molecule has 1 aromatic heterocycles. The lowest BCUT2D eigenvalue weighted by Gasteiger charge is -2.51. The molecule has 3 heterocycles. The fourth-order valence-electron chi connectivity index (χ4n) is 6.50. The van der Waals surface area contributed by atoms with Crippen molar-refractivity contribution in [3.05, 3.63) is 102 Å². The SMILES string of the molecule is O=C(OCC1c2ccccc2-c2ccccc21)N1C2COCC1CC(O)(c1cnc3ccccc3c1)C2. The molecule has 2 fully saturated rings. The van der Waals surface area contributed by atoms with Crippen molar-refractivity contribution in [2.24, 2.45) is 0 Å². The average molecular weight is 493 g/mol. The second-order valence-electron chi connectivity index (χ2n) is 10.4. The van der Waals surface area contributed by atoms with Crippen molar-refractivity contribution in [2.75, 3.05) is 19.8 Å². The first kappa shape index (κ1) is 22.5. The predicted molar refractivity (Wildman–Crippen MR) is 140 cm³/mol. The van der Waals surface area contributed by atoms with Gasteiger partial charge in [0.25, 0.3) is 0 Å². The van der Waals surface area contributed by atoms with Gasteiger partial charge in [0.2, 0.25) is 0 Å². The van der Waals surface area contributed by atoms with Gasteiger partial charge in [-0.1, -0.05) is 66.7 Å². The molecule has 1 N–H and O–H groups in total. The number of ether oxygens (including phenoxy) is 2. The van der Waals surface area contributed by atoms with Crippen LogP contribution in [0.5, 0.6) is 0 Å². The minimum atomic E-state index is -1.07. The Hall–Kier alpha value is -3.74. The number of nitrogens with zero attached hydrogens (tertiary/aromatic N) is 2. The first-order valence-corrected chi connectivity index (χ1v) is 12.9. The van der Waals surface area contributed by atoms with Crippen LogP contribution >= 0.6 is 0 Å². The number of rotatable bonds is 3. The number of hydrogen-bond acceptors (Lipinski definition) is 5. The maximum absolute atomic E-state index is 13.5. The van der Waals surface area contributed by atoms with Crippen LogP contribution in [0.3, 0.4) is 0 Å². The van der Waals surface area contributed by atoms with Gasteiger partial charge in [-0.15, -0.1) is 0 Å². The van der Waals surface area contributed by atoms with Gasteiger partial charge in [-0.05, 0) is 34.4 Å². The molecule has 6 heteroatoms. The molecule has 4 aromatic rings. The standard InChI is InChI=1S/C31H28N2O4/c34-30(37-19-28-26-10-4-2-8-24(26)25-9-3-5-11-27(25)28)33-22-14-31(35,15-23(33)18-36-17-22)21-13-20-7-1-6-12-29(20)32-16-21/h1-13,16,22-23,28,35H,14-15,17-19H2. The van der Waals surface area contributed by atoms with Crippen LogP contribution in [0.4, 0.5) is 4.79 Å².